The SMILES string of the molecule is CCNC(c1ccncc1F)C1CCCCS1. The lowest BCUT2D eigenvalue weighted by molar-refractivity contribution is 0.467. The van der Waals surface area contributed by atoms with Crippen molar-refractivity contribution in [3.05, 3.63) is 29.8 Å². The molecule has 1 aromatic rings. The quantitative estimate of drug-likeness (QED) is 0.893. The molecule has 1 aliphatic heterocycles. The van der Waals surface area contributed by atoms with Crippen LogP contribution in [0.1, 0.15) is 37.8 Å². The molecular formula is C13H19FN2S. The highest BCUT2D eigenvalue weighted by Gasteiger charge is 2.26. The molecule has 1 saturated heterocycles. The molecule has 0 aromatic carbocycles. The highest BCUT2D eigenvalue weighted by atomic mass is 32.2. The van der Waals surface area contributed by atoms with Gasteiger partial charge in [0.1, 0.15) is 5.82 Å². The monoisotopic (exact) mass is 254 g/mol. The van der Waals surface area contributed by atoms with Crippen LogP contribution in [-0.4, -0.2) is 22.5 Å². The fraction of sp³-hybridized carbons (Fsp3) is 0.615. The van der Waals surface area contributed by atoms with Crippen molar-refractivity contribution < 1.29 is 4.39 Å². The minimum atomic E-state index is -0.190. The zero-order valence-electron chi connectivity index (χ0n) is 10.2. The molecule has 0 saturated carbocycles. The first kappa shape index (κ1) is 12.8. The van der Waals surface area contributed by atoms with Crippen molar-refractivity contribution in [2.24, 2.45) is 0 Å². The third kappa shape index (κ3) is 3.19. The number of pyridine rings is 1. The Morgan fingerprint density at radius 3 is 3.12 bits per heavy atom. The van der Waals surface area contributed by atoms with Crippen LogP contribution in [0.25, 0.3) is 0 Å². The third-order valence-corrected chi connectivity index (χ3v) is 4.61. The summed E-state index contributed by atoms with van der Waals surface area (Å²) in [6.45, 7) is 2.93. The number of halogens is 1. The summed E-state index contributed by atoms with van der Waals surface area (Å²) in [5, 5.41) is 3.91. The summed E-state index contributed by atoms with van der Waals surface area (Å²) in [6, 6.07) is 1.92. The average molecular weight is 254 g/mol. The summed E-state index contributed by atoms with van der Waals surface area (Å²) in [7, 11) is 0. The van der Waals surface area contributed by atoms with Crippen LogP contribution in [-0.2, 0) is 0 Å². The van der Waals surface area contributed by atoms with Crippen molar-refractivity contribution in [1.82, 2.24) is 10.3 Å². The van der Waals surface area contributed by atoms with Gasteiger partial charge >= 0.3 is 0 Å². The molecule has 4 heteroatoms. The molecule has 0 aliphatic carbocycles. The van der Waals surface area contributed by atoms with Gasteiger partial charge in [-0.3, -0.25) is 4.98 Å². The summed E-state index contributed by atoms with van der Waals surface area (Å²) >= 11 is 1.97. The number of hydrogen-bond donors (Lipinski definition) is 1. The van der Waals surface area contributed by atoms with Crippen LogP contribution in [0.4, 0.5) is 4.39 Å². The van der Waals surface area contributed by atoms with E-state index in [1.54, 1.807) is 12.3 Å². The van der Waals surface area contributed by atoms with Crippen molar-refractivity contribution >= 4 is 11.8 Å². The number of aromatic nitrogens is 1. The Hall–Kier alpha value is -0.610. The zero-order chi connectivity index (χ0) is 12.1. The van der Waals surface area contributed by atoms with Crippen molar-refractivity contribution in [3.8, 4) is 0 Å². The Labute approximate surface area is 106 Å². The number of thioether (sulfide) groups is 1. The number of nitrogens with zero attached hydrogens (tertiary/aromatic N) is 1. The van der Waals surface area contributed by atoms with Crippen molar-refractivity contribution in [2.45, 2.75) is 37.5 Å². The lowest BCUT2D eigenvalue weighted by Gasteiger charge is -2.30. The Morgan fingerprint density at radius 2 is 2.47 bits per heavy atom. The second-order valence-electron chi connectivity index (χ2n) is 4.34. The second kappa shape index (κ2) is 6.36. The molecule has 0 amide bonds. The van der Waals surface area contributed by atoms with E-state index in [4.69, 9.17) is 0 Å². The first-order valence-electron chi connectivity index (χ1n) is 6.27. The standard InChI is InChI=1S/C13H19FN2S/c1-2-16-13(12-5-3-4-8-17-12)10-6-7-15-9-11(10)14/h6-7,9,12-13,16H,2-5,8H2,1H3. The van der Waals surface area contributed by atoms with E-state index in [1.807, 2.05) is 11.8 Å². The molecule has 1 N–H and O–H groups in total. The molecule has 0 bridgehead atoms. The first-order valence-corrected chi connectivity index (χ1v) is 7.32. The van der Waals surface area contributed by atoms with Gasteiger partial charge < -0.3 is 5.32 Å². The van der Waals surface area contributed by atoms with Crippen LogP contribution >= 0.6 is 11.8 Å². The minimum Gasteiger partial charge on any atom is -0.309 e. The zero-order valence-corrected chi connectivity index (χ0v) is 11.0. The van der Waals surface area contributed by atoms with E-state index >= 15 is 0 Å². The van der Waals surface area contributed by atoms with E-state index in [0.29, 0.717) is 5.25 Å². The second-order valence-corrected chi connectivity index (χ2v) is 5.68. The molecule has 0 radical (unpaired) electrons. The first-order chi connectivity index (χ1) is 8.33. The summed E-state index contributed by atoms with van der Waals surface area (Å²) in [4.78, 5) is 3.82. The van der Waals surface area contributed by atoms with Crippen LogP contribution < -0.4 is 5.32 Å². The molecule has 0 spiro atoms. The van der Waals surface area contributed by atoms with E-state index < -0.39 is 0 Å². The maximum atomic E-state index is 13.8. The van der Waals surface area contributed by atoms with Gasteiger partial charge in [0.2, 0.25) is 0 Å². The van der Waals surface area contributed by atoms with Gasteiger partial charge in [-0.2, -0.15) is 11.8 Å². The molecule has 1 aromatic heterocycles. The Kier molecular flexibility index (Phi) is 4.80. The lowest BCUT2D eigenvalue weighted by Crippen LogP contribution is -2.32. The Morgan fingerprint density at radius 1 is 1.59 bits per heavy atom. The largest absolute Gasteiger partial charge is 0.309 e. The number of hydrogen-bond acceptors (Lipinski definition) is 3. The Bertz CT molecular complexity index is 353. The van der Waals surface area contributed by atoms with Gasteiger partial charge in [-0.1, -0.05) is 13.3 Å². The normalized spacial score (nSPS) is 22.4. The summed E-state index contributed by atoms with van der Waals surface area (Å²) in [6.07, 6.45) is 6.71. The Balaban J connectivity index is 2.18. The fourth-order valence-electron chi connectivity index (χ4n) is 2.33. The van der Waals surface area contributed by atoms with Crippen molar-refractivity contribution in [2.75, 3.05) is 12.3 Å². The van der Waals surface area contributed by atoms with Gasteiger partial charge in [-0.05, 0) is 31.2 Å². The van der Waals surface area contributed by atoms with Gasteiger partial charge in [-0.15, -0.1) is 0 Å². The molecule has 94 valence electrons. The maximum Gasteiger partial charge on any atom is 0.146 e. The van der Waals surface area contributed by atoms with Gasteiger partial charge in [-0.25, -0.2) is 4.39 Å². The van der Waals surface area contributed by atoms with Crippen LogP contribution in [0.5, 0.6) is 0 Å². The molecule has 2 rings (SSSR count). The average Bonchev–Trinajstić information content (AvgIpc) is 2.38. The fourth-order valence-corrected chi connectivity index (χ4v) is 3.77. The van der Waals surface area contributed by atoms with Crippen LogP contribution in [0.3, 0.4) is 0 Å². The van der Waals surface area contributed by atoms with Crippen LogP contribution in [0.2, 0.25) is 0 Å². The smallest absolute Gasteiger partial charge is 0.146 e. The molecule has 1 fully saturated rings. The third-order valence-electron chi connectivity index (χ3n) is 3.15. The van der Waals surface area contributed by atoms with Crippen molar-refractivity contribution in [3.63, 3.8) is 0 Å². The van der Waals surface area contributed by atoms with E-state index in [9.17, 15) is 4.39 Å². The highest BCUT2D eigenvalue weighted by molar-refractivity contribution is 8.00. The van der Waals surface area contributed by atoms with E-state index in [0.717, 1.165) is 12.1 Å². The number of nitrogens with one attached hydrogen (secondary N) is 1. The molecule has 17 heavy (non-hydrogen) atoms. The molecule has 2 nitrogen and oxygen atoms in total. The van der Waals surface area contributed by atoms with Gasteiger partial charge in [0.25, 0.3) is 0 Å². The van der Waals surface area contributed by atoms with Crippen LogP contribution in [0.15, 0.2) is 18.5 Å². The summed E-state index contributed by atoms with van der Waals surface area (Å²) in [5.74, 6) is 1.00. The van der Waals surface area contributed by atoms with E-state index in [-0.39, 0.29) is 11.9 Å². The topological polar surface area (TPSA) is 24.9 Å². The molecule has 2 atom stereocenters. The highest BCUT2D eigenvalue weighted by Crippen LogP contribution is 2.35. The van der Waals surface area contributed by atoms with Crippen LogP contribution in [0, 0.1) is 5.82 Å². The predicted octanol–water partition coefficient (Wildman–Crippen LogP) is 3.16. The number of rotatable bonds is 4. The van der Waals surface area contributed by atoms with Crippen molar-refractivity contribution in [1.29, 1.82) is 0 Å². The molecular weight excluding hydrogens is 235 g/mol. The van der Waals surface area contributed by atoms with E-state index in [2.05, 4.69) is 17.2 Å². The molecule has 2 heterocycles. The lowest BCUT2D eigenvalue weighted by atomic mass is 10.00. The van der Waals surface area contributed by atoms with Gasteiger partial charge in [0.05, 0.1) is 6.20 Å². The summed E-state index contributed by atoms with van der Waals surface area (Å²) in [5.41, 5.74) is 0.765. The summed E-state index contributed by atoms with van der Waals surface area (Å²) < 4.78 is 13.8. The maximum absolute atomic E-state index is 13.8. The molecule has 2 unspecified atom stereocenters. The predicted molar refractivity (Wildman–Crippen MR) is 70.7 cm³/mol. The molecule has 1 aliphatic rings. The minimum absolute atomic E-state index is 0.119. The van der Waals surface area contributed by atoms with Gasteiger partial charge in [0.15, 0.2) is 0 Å². The van der Waals surface area contributed by atoms with E-state index in [1.165, 1.54) is 31.2 Å². The van der Waals surface area contributed by atoms with Gasteiger partial charge in [0, 0.05) is 23.1 Å².